The molecule has 4 bridgehead atoms. The molecule has 3 aromatic carbocycles. The first-order chi connectivity index (χ1) is 15.4. The average molecular weight is 419 g/mol. The first-order valence-electron chi connectivity index (χ1n) is 11.4. The zero-order chi connectivity index (χ0) is 22.3. The maximum atomic E-state index is 14.5. The van der Waals surface area contributed by atoms with Gasteiger partial charge in [0.15, 0.2) is 11.6 Å². The van der Waals surface area contributed by atoms with E-state index in [9.17, 15) is 9.59 Å². The highest BCUT2D eigenvalue weighted by molar-refractivity contribution is 6.12. The maximum Gasteiger partial charge on any atom is 0.163 e. The van der Waals surface area contributed by atoms with Crippen LogP contribution in [0.15, 0.2) is 96.6 Å². The summed E-state index contributed by atoms with van der Waals surface area (Å²) in [6.07, 6.45) is 2.17. The normalized spacial score (nSPS) is 34.8. The number of hydrogen-bond donors (Lipinski definition) is 0. The van der Waals surface area contributed by atoms with Crippen molar-refractivity contribution < 1.29 is 9.59 Å². The van der Waals surface area contributed by atoms with Gasteiger partial charge in [-0.1, -0.05) is 97.9 Å². The van der Waals surface area contributed by atoms with Gasteiger partial charge in [0, 0.05) is 16.7 Å². The van der Waals surface area contributed by atoms with Gasteiger partial charge in [-0.3, -0.25) is 9.59 Å². The van der Waals surface area contributed by atoms with Gasteiger partial charge in [0.05, 0.1) is 11.3 Å². The van der Waals surface area contributed by atoms with Crippen LogP contribution in [0.25, 0.3) is 0 Å². The lowest BCUT2D eigenvalue weighted by Crippen LogP contribution is -2.60. The standard InChI is InChI=1S/C30H26O2/c1-19-18-30(21-14-8-5-9-15-21)23-17-11-10-16-22(23)28(2)26(25(19)31)29(30,3)24(27(28)32)20-12-6-4-7-13-20/h4-18,24,26H,1-3H3/t24-,26-,28+,29+,30-/m1/s1. The van der Waals surface area contributed by atoms with Crippen LogP contribution in [-0.2, 0) is 20.4 Å². The van der Waals surface area contributed by atoms with Crippen LogP contribution < -0.4 is 0 Å². The lowest BCUT2D eigenvalue weighted by atomic mass is 9.41. The molecule has 3 aliphatic carbocycles. The van der Waals surface area contributed by atoms with Gasteiger partial charge in [-0.15, -0.1) is 0 Å². The molecule has 5 atom stereocenters. The second-order valence-corrected chi connectivity index (χ2v) is 10.0. The van der Waals surface area contributed by atoms with Crippen LogP contribution in [0.5, 0.6) is 0 Å². The summed E-state index contributed by atoms with van der Waals surface area (Å²) in [6, 6.07) is 28.9. The Hall–Kier alpha value is -3.26. The van der Waals surface area contributed by atoms with Crippen molar-refractivity contribution in [1.82, 2.24) is 0 Å². The third-order valence-corrected chi connectivity index (χ3v) is 8.76. The second kappa shape index (κ2) is 6.16. The van der Waals surface area contributed by atoms with Gasteiger partial charge in [0.25, 0.3) is 0 Å². The second-order valence-electron chi connectivity index (χ2n) is 10.0. The third kappa shape index (κ3) is 1.93. The Labute approximate surface area is 189 Å². The molecule has 158 valence electrons. The minimum absolute atomic E-state index is 0.114. The summed E-state index contributed by atoms with van der Waals surface area (Å²) in [6.45, 7) is 6.14. The quantitative estimate of drug-likeness (QED) is 0.530. The van der Waals surface area contributed by atoms with E-state index in [1.807, 2.05) is 44.2 Å². The SMILES string of the molecule is CC1=C[C@@]2(c3ccccc3)c3ccccc3[C@]3(C)C(=O)[C@@H](c4ccccc4)[C@@]2(C)[C@@H]3C1=O. The summed E-state index contributed by atoms with van der Waals surface area (Å²) in [5.41, 5.74) is 3.03. The van der Waals surface area contributed by atoms with Gasteiger partial charge in [0.1, 0.15) is 0 Å². The predicted octanol–water partition coefficient (Wildman–Crippen LogP) is 5.76. The Bertz CT molecular complexity index is 1300. The molecule has 0 aliphatic heterocycles. The molecule has 0 radical (unpaired) electrons. The van der Waals surface area contributed by atoms with Gasteiger partial charge in [-0.25, -0.2) is 0 Å². The van der Waals surface area contributed by atoms with Crippen molar-refractivity contribution in [3.05, 3.63) is 119 Å². The Morgan fingerprint density at radius 1 is 0.719 bits per heavy atom. The fourth-order valence-electron chi connectivity index (χ4n) is 7.58. The highest BCUT2D eigenvalue weighted by Crippen LogP contribution is 2.75. The summed E-state index contributed by atoms with van der Waals surface area (Å²) >= 11 is 0. The van der Waals surface area contributed by atoms with E-state index in [1.54, 1.807) is 0 Å². The van der Waals surface area contributed by atoms with E-state index in [4.69, 9.17) is 0 Å². The Morgan fingerprint density at radius 3 is 1.94 bits per heavy atom. The van der Waals surface area contributed by atoms with E-state index in [0.717, 1.165) is 27.8 Å². The lowest BCUT2D eigenvalue weighted by molar-refractivity contribution is -0.130. The predicted molar refractivity (Wildman–Crippen MR) is 126 cm³/mol. The number of fused-ring (bicyclic) bond motifs is 3. The topological polar surface area (TPSA) is 34.1 Å². The van der Waals surface area contributed by atoms with Crippen molar-refractivity contribution in [3.63, 3.8) is 0 Å². The number of ketones is 2. The smallest absolute Gasteiger partial charge is 0.163 e. The van der Waals surface area contributed by atoms with Crippen LogP contribution in [0.1, 0.15) is 48.9 Å². The molecule has 0 saturated heterocycles. The summed E-state index contributed by atoms with van der Waals surface area (Å²) < 4.78 is 0. The van der Waals surface area contributed by atoms with Crippen LogP contribution in [0.2, 0.25) is 0 Å². The van der Waals surface area contributed by atoms with Crippen LogP contribution in [0.3, 0.4) is 0 Å². The van der Waals surface area contributed by atoms with Crippen molar-refractivity contribution >= 4 is 11.6 Å². The van der Waals surface area contributed by atoms with Crippen molar-refractivity contribution in [1.29, 1.82) is 0 Å². The molecule has 3 aliphatic rings. The molecule has 0 unspecified atom stereocenters. The molecule has 1 saturated carbocycles. The van der Waals surface area contributed by atoms with Crippen molar-refractivity contribution in [2.24, 2.45) is 11.3 Å². The highest BCUT2D eigenvalue weighted by Gasteiger charge is 2.77. The summed E-state index contributed by atoms with van der Waals surface area (Å²) in [5, 5.41) is 0. The van der Waals surface area contributed by atoms with E-state index in [0.29, 0.717) is 0 Å². The van der Waals surface area contributed by atoms with Gasteiger partial charge >= 0.3 is 0 Å². The minimum atomic E-state index is -0.850. The third-order valence-electron chi connectivity index (χ3n) is 8.76. The average Bonchev–Trinajstić information content (AvgIpc) is 2.98. The summed E-state index contributed by atoms with van der Waals surface area (Å²) in [7, 11) is 0. The molecule has 0 amide bonds. The molecule has 2 nitrogen and oxygen atoms in total. The number of carbonyl (C=O) groups is 2. The molecular formula is C30H26O2. The largest absolute Gasteiger partial charge is 0.298 e. The monoisotopic (exact) mass is 418 g/mol. The van der Waals surface area contributed by atoms with Crippen molar-refractivity contribution in [2.75, 3.05) is 0 Å². The Balaban J connectivity index is 1.84. The molecular weight excluding hydrogens is 392 g/mol. The zero-order valence-electron chi connectivity index (χ0n) is 18.6. The van der Waals surface area contributed by atoms with E-state index in [-0.39, 0.29) is 17.5 Å². The minimum Gasteiger partial charge on any atom is -0.298 e. The number of hydrogen-bond acceptors (Lipinski definition) is 2. The number of rotatable bonds is 2. The molecule has 6 rings (SSSR count). The van der Waals surface area contributed by atoms with Crippen LogP contribution >= 0.6 is 0 Å². The molecule has 0 N–H and O–H groups in total. The molecule has 0 heterocycles. The molecule has 2 heteroatoms. The Morgan fingerprint density at radius 2 is 1.28 bits per heavy atom. The fraction of sp³-hybridized carbons (Fsp3) is 0.267. The molecule has 1 fully saturated rings. The Kier molecular flexibility index (Phi) is 3.74. The van der Waals surface area contributed by atoms with Crippen LogP contribution in [-0.4, -0.2) is 11.6 Å². The van der Waals surface area contributed by atoms with E-state index in [1.165, 1.54) is 0 Å². The number of Topliss-reactive ketones (excluding diaryl/α,β-unsaturated/α-hetero) is 2. The van der Waals surface area contributed by atoms with Crippen molar-refractivity contribution in [3.8, 4) is 0 Å². The van der Waals surface area contributed by atoms with E-state index >= 15 is 0 Å². The van der Waals surface area contributed by atoms with Crippen LogP contribution in [0, 0.1) is 11.3 Å². The molecule has 0 spiro atoms. The lowest BCUT2D eigenvalue weighted by Gasteiger charge is -2.59. The van der Waals surface area contributed by atoms with E-state index < -0.39 is 22.2 Å². The highest BCUT2D eigenvalue weighted by atomic mass is 16.1. The fourth-order valence-corrected chi connectivity index (χ4v) is 7.58. The number of benzene rings is 3. The van der Waals surface area contributed by atoms with Gasteiger partial charge in [0.2, 0.25) is 0 Å². The first kappa shape index (κ1) is 19.4. The zero-order valence-corrected chi connectivity index (χ0v) is 18.6. The summed E-state index contributed by atoms with van der Waals surface area (Å²) in [5.74, 6) is -0.506. The van der Waals surface area contributed by atoms with Crippen LogP contribution in [0.4, 0.5) is 0 Å². The molecule has 3 aromatic rings. The van der Waals surface area contributed by atoms with Crippen molar-refractivity contribution in [2.45, 2.75) is 37.5 Å². The van der Waals surface area contributed by atoms with Gasteiger partial charge in [-0.05, 0) is 41.7 Å². The first-order valence-corrected chi connectivity index (χ1v) is 11.4. The maximum absolute atomic E-state index is 14.5. The van der Waals surface area contributed by atoms with Gasteiger partial charge in [-0.2, -0.15) is 0 Å². The number of carbonyl (C=O) groups excluding carboxylic acids is 2. The number of allylic oxidation sites excluding steroid dienone is 2. The summed E-state index contributed by atoms with van der Waals surface area (Å²) in [4.78, 5) is 28.4. The van der Waals surface area contributed by atoms with Gasteiger partial charge < -0.3 is 0 Å². The molecule has 0 aromatic heterocycles. The molecule has 32 heavy (non-hydrogen) atoms. The van der Waals surface area contributed by atoms with E-state index in [2.05, 4.69) is 67.6 Å².